The van der Waals surface area contributed by atoms with Crippen molar-refractivity contribution in [3.8, 4) is 21.1 Å². The van der Waals surface area contributed by atoms with Crippen LogP contribution in [0.5, 0.6) is 0 Å². The molecular weight excluding hydrogens is 573 g/mol. The number of para-hydroxylation sites is 2. The van der Waals surface area contributed by atoms with E-state index in [2.05, 4.69) is 10.6 Å². The van der Waals surface area contributed by atoms with Crippen molar-refractivity contribution in [3.05, 3.63) is 107 Å². The highest BCUT2D eigenvalue weighted by Crippen LogP contribution is 2.29. The van der Waals surface area contributed by atoms with Crippen LogP contribution >= 0.6 is 22.7 Å². The number of rotatable bonds is 12. The lowest BCUT2D eigenvalue weighted by Crippen LogP contribution is -2.25. The summed E-state index contributed by atoms with van der Waals surface area (Å²) in [6.45, 7) is 1.25. The van der Waals surface area contributed by atoms with Crippen LogP contribution in [0.3, 0.4) is 0 Å². The summed E-state index contributed by atoms with van der Waals surface area (Å²) in [5.41, 5.74) is 4.62. The van der Waals surface area contributed by atoms with Gasteiger partial charge in [-0.2, -0.15) is 0 Å². The minimum Gasteiger partial charge on any atom is -0.352 e. The molecule has 4 aromatic heterocycles. The second-order valence-corrected chi connectivity index (χ2v) is 12.3. The molecule has 2 amide bonds. The van der Waals surface area contributed by atoms with E-state index < -0.39 is 0 Å². The van der Waals surface area contributed by atoms with Crippen LogP contribution in [0.4, 0.5) is 0 Å². The van der Waals surface area contributed by atoms with Gasteiger partial charge >= 0.3 is 0 Å². The van der Waals surface area contributed by atoms with Gasteiger partial charge in [0.1, 0.15) is 0 Å². The summed E-state index contributed by atoms with van der Waals surface area (Å²) in [6.07, 6.45) is 4.91. The topological polar surface area (TPSA) is 84.0 Å². The predicted octanol–water partition coefficient (Wildman–Crippen LogP) is 8.35. The zero-order valence-corrected chi connectivity index (χ0v) is 25.3. The molecule has 0 saturated carbocycles. The van der Waals surface area contributed by atoms with Gasteiger partial charge in [-0.15, -0.1) is 22.7 Å². The van der Waals surface area contributed by atoms with Crippen molar-refractivity contribution < 1.29 is 9.59 Å². The molecule has 2 aromatic carbocycles. The number of hydrogen-bond acceptors (Lipinski definition) is 6. The van der Waals surface area contributed by atoms with Crippen molar-refractivity contribution >= 4 is 56.3 Å². The maximum Gasteiger partial charge on any atom is 0.252 e. The number of nitrogens with zero attached hydrogens (tertiary/aromatic N) is 2. The van der Waals surface area contributed by atoms with Crippen LogP contribution in [-0.2, 0) is 0 Å². The van der Waals surface area contributed by atoms with E-state index in [9.17, 15) is 9.59 Å². The van der Waals surface area contributed by atoms with Gasteiger partial charge in [-0.3, -0.25) is 9.59 Å². The first-order valence-electron chi connectivity index (χ1n) is 14.6. The number of pyridine rings is 2. The zero-order valence-electron chi connectivity index (χ0n) is 23.7. The summed E-state index contributed by atoms with van der Waals surface area (Å²) in [4.78, 5) is 37.9. The van der Waals surface area contributed by atoms with E-state index in [-0.39, 0.29) is 11.8 Å². The highest BCUT2D eigenvalue weighted by molar-refractivity contribution is 7.13. The van der Waals surface area contributed by atoms with Crippen LogP contribution in [0.25, 0.3) is 42.9 Å². The molecule has 4 heterocycles. The van der Waals surface area contributed by atoms with E-state index >= 15 is 0 Å². The Kier molecular flexibility index (Phi) is 9.16. The summed E-state index contributed by atoms with van der Waals surface area (Å²) >= 11 is 3.24. The molecule has 0 aliphatic rings. The molecule has 0 spiro atoms. The second-order valence-electron chi connectivity index (χ2n) is 10.4. The molecular formula is C35H32N4O2S2. The van der Waals surface area contributed by atoms with E-state index in [0.717, 1.165) is 75.1 Å². The fraction of sp³-hybridized carbons (Fsp3) is 0.200. The van der Waals surface area contributed by atoms with Gasteiger partial charge in [0.25, 0.3) is 11.8 Å². The maximum atomic E-state index is 13.1. The predicted molar refractivity (Wildman–Crippen MR) is 178 cm³/mol. The molecule has 6 aromatic rings. The zero-order chi connectivity index (χ0) is 29.4. The molecule has 0 saturated heterocycles. The minimum absolute atomic E-state index is 0.0648. The molecule has 0 atom stereocenters. The average molecular weight is 605 g/mol. The Bertz CT molecular complexity index is 1710. The Balaban J connectivity index is 0.950. The summed E-state index contributed by atoms with van der Waals surface area (Å²) in [7, 11) is 0. The van der Waals surface area contributed by atoms with Gasteiger partial charge in [-0.05, 0) is 60.0 Å². The fourth-order valence-corrected chi connectivity index (χ4v) is 6.57. The van der Waals surface area contributed by atoms with E-state index in [1.54, 1.807) is 22.7 Å². The Labute approximate surface area is 258 Å². The van der Waals surface area contributed by atoms with E-state index in [1.807, 2.05) is 95.7 Å². The fourth-order valence-electron chi connectivity index (χ4n) is 5.20. The second kappa shape index (κ2) is 13.7. The Hall–Kier alpha value is -4.40. The molecule has 0 radical (unpaired) electrons. The molecule has 8 heteroatoms. The number of carbonyl (C=O) groups is 2. The lowest BCUT2D eigenvalue weighted by Gasteiger charge is -2.11. The largest absolute Gasteiger partial charge is 0.352 e. The quantitative estimate of drug-likeness (QED) is 0.138. The number of fused-ring (bicyclic) bond motifs is 2. The molecule has 216 valence electrons. The number of unbranched alkanes of at least 4 members (excludes halogenated alkanes) is 4. The Morgan fingerprint density at radius 1 is 0.558 bits per heavy atom. The van der Waals surface area contributed by atoms with Gasteiger partial charge < -0.3 is 10.6 Å². The standard InChI is InChI=1S/C35H32N4O2S2/c40-34(26-22-30(32-16-10-20-42-32)38-28-14-6-4-12-24(26)28)36-18-8-2-1-3-9-19-37-35(41)27-23-31(33-17-11-21-43-33)39-29-15-7-5-13-25(27)29/h4-7,10-17,20-23H,1-3,8-9,18-19H2,(H,36,40)(H,37,41). The van der Waals surface area contributed by atoms with Gasteiger partial charge in [-0.1, -0.05) is 67.8 Å². The van der Waals surface area contributed by atoms with Gasteiger partial charge in [0.15, 0.2) is 0 Å². The van der Waals surface area contributed by atoms with Gasteiger partial charge in [0.05, 0.1) is 43.3 Å². The number of thiophene rings is 2. The Morgan fingerprint density at radius 2 is 1.00 bits per heavy atom. The number of hydrogen-bond donors (Lipinski definition) is 2. The molecule has 43 heavy (non-hydrogen) atoms. The normalized spacial score (nSPS) is 11.2. The van der Waals surface area contributed by atoms with Gasteiger partial charge in [0, 0.05) is 23.9 Å². The van der Waals surface area contributed by atoms with Crippen LogP contribution in [0.1, 0.15) is 52.8 Å². The van der Waals surface area contributed by atoms with Crippen molar-refractivity contribution in [3.63, 3.8) is 0 Å². The molecule has 0 fully saturated rings. The summed E-state index contributed by atoms with van der Waals surface area (Å²) < 4.78 is 0. The molecule has 0 aliphatic carbocycles. The molecule has 0 unspecified atom stereocenters. The smallest absolute Gasteiger partial charge is 0.252 e. The lowest BCUT2D eigenvalue weighted by atomic mass is 10.1. The van der Waals surface area contributed by atoms with Gasteiger partial charge in [-0.25, -0.2) is 9.97 Å². The van der Waals surface area contributed by atoms with Crippen LogP contribution in [-0.4, -0.2) is 34.9 Å². The number of benzene rings is 2. The first-order chi connectivity index (χ1) is 21.2. The van der Waals surface area contributed by atoms with Crippen LogP contribution in [0.2, 0.25) is 0 Å². The number of amides is 2. The van der Waals surface area contributed by atoms with Crippen molar-refractivity contribution in [1.29, 1.82) is 0 Å². The third-order valence-electron chi connectivity index (χ3n) is 7.39. The lowest BCUT2D eigenvalue weighted by molar-refractivity contribution is 0.0947. The summed E-state index contributed by atoms with van der Waals surface area (Å²) in [6, 6.07) is 27.4. The highest BCUT2D eigenvalue weighted by Gasteiger charge is 2.15. The minimum atomic E-state index is -0.0648. The van der Waals surface area contributed by atoms with E-state index in [4.69, 9.17) is 9.97 Å². The third kappa shape index (κ3) is 6.82. The molecule has 2 N–H and O–H groups in total. The highest BCUT2D eigenvalue weighted by atomic mass is 32.1. The van der Waals surface area contributed by atoms with Crippen molar-refractivity contribution in [2.24, 2.45) is 0 Å². The van der Waals surface area contributed by atoms with Gasteiger partial charge in [0.2, 0.25) is 0 Å². The first-order valence-corrected chi connectivity index (χ1v) is 16.4. The van der Waals surface area contributed by atoms with Crippen molar-refractivity contribution in [1.82, 2.24) is 20.6 Å². The third-order valence-corrected chi connectivity index (χ3v) is 9.18. The summed E-state index contributed by atoms with van der Waals surface area (Å²) in [5.74, 6) is -0.130. The summed E-state index contributed by atoms with van der Waals surface area (Å²) in [5, 5.41) is 12.0. The van der Waals surface area contributed by atoms with Crippen LogP contribution in [0, 0.1) is 0 Å². The van der Waals surface area contributed by atoms with Crippen molar-refractivity contribution in [2.75, 3.05) is 13.1 Å². The number of nitrogens with one attached hydrogen (secondary N) is 2. The average Bonchev–Trinajstić information content (AvgIpc) is 3.78. The SMILES string of the molecule is O=C(NCCCCCCCNC(=O)c1cc(-c2cccs2)nc2ccccc12)c1cc(-c2cccs2)nc2ccccc12. The van der Waals surface area contributed by atoms with E-state index in [0.29, 0.717) is 24.2 Å². The number of aromatic nitrogens is 2. The van der Waals surface area contributed by atoms with Crippen molar-refractivity contribution in [2.45, 2.75) is 32.1 Å². The Morgan fingerprint density at radius 3 is 1.44 bits per heavy atom. The molecule has 6 rings (SSSR count). The molecule has 0 aliphatic heterocycles. The maximum absolute atomic E-state index is 13.1. The molecule has 6 nitrogen and oxygen atoms in total. The number of carbonyl (C=O) groups excluding carboxylic acids is 2. The van der Waals surface area contributed by atoms with Crippen LogP contribution < -0.4 is 10.6 Å². The molecule has 0 bridgehead atoms. The first kappa shape index (κ1) is 28.7. The van der Waals surface area contributed by atoms with E-state index in [1.165, 1.54) is 0 Å². The van der Waals surface area contributed by atoms with Crippen LogP contribution in [0.15, 0.2) is 95.7 Å². The monoisotopic (exact) mass is 604 g/mol.